The maximum Gasteiger partial charge on any atom is 0.344 e. The van der Waals surface area contributed by atoms with Gasteiger partial charge in [-0.1, -0.05) is 24.3 Å². The van der Waals surface area contributed by atoms with Gasteiger partial charge in [0.25, 0.3) is 0 Å². The number of nitrogens with two attached hydrogens (primary N) is 1. The fraction of sp³-hybridized carbons (Fsp3) is 0.267. The second-order valence-corrected chi connectivity index (χ2v) is 4.53. The van der Waals surface area contributed by atoms with Crippen molar-refractivity contribution in [3.8, 4) is 5.75 Å². The van der Waals surface area contributed by atoms with Gasteiger partial charge in [0.1, 0.15) is 5.75 Å². The van der Waals surface area contributed by atoms with Crippen molar-refractivity contribution in [2.24, 2.45) is 0 Å². The average Bonchev–Trinajstić information content (AvgIpc) is 2.37. The highest BCUT2D eigenvalue weighted by molar-refractivity contribution is 5.97. The molecule has 0 fully saturated rings. The molecule has 0 spiro atoms. The Labute approximate surface area is 112 Å². The van der Waals surface area contributed by atoms with Crippen molar-refractivity contribution in [1.82, 2.24) is 0 Å². The number of anilines is 1. The molecule has 0 aromatic heterocycles. The molecule has 2 aromatic carbocycles. The van der Waals surface area contributed by atoms with Crippen molar-refractivity contribution in [3.05, 3.63) is 36.4 Å². The van der Waals surface area contributed by atoms with E-state index in [1.807, 2.05) is 24.3 Å². The number of ether oxygens (including phenoxy) is 2. The quantitative estimate of drug-likeness (QED) is 0.677. The fourth-order valence-electron chi connectivity index (χ4n) is 1.85. The van der Waals surface area contributed by atoms with Gasteiger partial charge in [-0.25, -0.2) is 4.79 Å². The number of hydrogen-bond donors (Lipinski definition) is 1. The molecule has 0 saturated carbocycles. The Hall–Kier alpha value is -2.23. The van der Waals surface area contributed by atoms with Crippen LogP contribution in [-0.2, 0) is 9.53 Å². The van der Waals surface area contributed by atoms with Gasteiger partial charge >= 0.3 is 5.97 Å². The number of rotatable bonds is 4. The molecule has 0 saturated heterocycles. The van der Waals surface area contributed by atoms with Crippen LogP contribution in [-0.4, -0.2) is 18.7 Å². The molecular formula is C15H17NO3. The minimum Gasteiger partial charge on any atom is -0.481 e. The number of carbonyl (C=O) groups is 1. The minimum atomic E-state index is -0.379. The molecule has 2 N–H and O–H groups in total. The SMILES string of the molecule is CC(C)OC(=O)COc1ccc(N)c2ccccc12. The van der Waals surface area contributed by atoms with Gasteiger partial charge in [0.2, 0.25) is 0 Å². The zero-order valence-corrected chi connectivity index (χ0v) is 11.1. The summed E-state index contributed by atoms with van der Waals surface area (Å²) in [6.45, 7) is 3.50. The van der Waals surface area contributed by atoms with Gasteiger partial charge in [-0.05, 0) is 26.0 Å². The summed E-state index contributed by atoms with van der Waals surface area (Å²) in [4.78, 5) is 11.5. The summed E-state index contributed by atoms with van der Waals surface area (Å²) in [5.41, 5.74) is 6.59. The van der Waals surface area contributed by atoms with Gasteiger partial charge in [-0.2, -0.15) is 0 Å². The van der Waals surface area contributed by atoms with Crippen LogP contribution in [0.5, 0.6) is 5.75 Å². The molecule has 0 aliphatic heterocycles. The lowest BCUT2D eigenvalue weighted by Gasteiger charge is -2.11. The number of hydrogen-bond acceptors (Lipinski definition) is 4. The first-order valence-electron chi connectivity index (χ1n) is 6.17. The second kappa shape index (κ2) is 5.61. The maximum absolute atomic E-state index is 11.5. The Kier molecular flexibility index (Phi) is 3.90. The molecule has 0 amide bonds. The number of benzene rings is 2. The van der Waals surface area contributed by atoms with Crippen LogP contribution in [0.25, 0.3) is 10.8 Å². The smallest absolute Gasteiger partial charge is 0.344 e. The first-order valence-corrected chi connectivity index (χ1v) is 6.17. The largest absolute Gasteiger partial charge is 0.481 e. The van der Waals surface area contributed by atoms with Crippen LogP contribution >= 0.6 is 0 Å². The predicted molar refractivity (Wildman–Crippen MR) is 75.1 cm³/mol. The van der Waals surface area contributed by atoms with E-state index in [1.165, 1.54) is 0 Å². The molecule has 0 radical (unpaired) electrons. The van der Waals surface area contributed by atoms with E-state index in [1.54, 1.807) is 26.0 Å². The summed E-state index contributed by atoms with van der Waals surface area (Å²) in [5, 5.41) is 1.80. The van der Waals surface area contributed by atoms with E-state index in [0.717, 1.165) is 10.8 Å². The molecule has 19 heavy (non-hydrogen) atoms. The molecule has 4 nitrogen and oxygen atoms in total. The van der Waals surface area contributed by atoms with E-state index in [-0.39, 0.29) is 18.7 Å². The lowest BCUT2D eigenvalue weighted by molar-refractivity contribution is -0.149. The van der Waals surface area contributed by atoms with Gasteiger partial charge in [0.05, 0.1) is 6.10 Å². The third-order valence-corrected chi connectivity index (χ3v) is 2.63. The van der Waals surface area contributed by atoms with E-state index < -0.39 is 0 Å². The molecule has 4 heteroatoms. The van der Waals surface area contributed by atoms with Crippen LogP contribution in [0.1, 0.15) is 13.8 Å². The molecule has 100 valence electrons. The Morgan fingerprint density at radius 2 is 1.84 bits per heavy atom. The van der Waals surface area contributed by atoms with Crippen LogP contribution in [0.15, 0.2) is 36.4 Å². The zero-order chi connectivity index (χ0) is 13.8. The van der Waals surface area contributed by atoms with Crippen molar-refractivity contribution in [2.45, 2.75) is 20.0 Å². The normalized spacial score (nSPS) is 10.7. The topological polar surface area (TPSA) is 61.5 Å². The highest BCUT2D eigenvalue weighted by Crippen LogP contribution is 2.29. The standard InChI is InChI=1S/C15H17NO3/c1-10(2)19-15(17)9-18-14-8-7-13(16)11-5-3-4-6-12(11)14/h3-8,10H,9,16H2,1-2H3. The summed E-state index contributed by atoms with van der Waals surface area (Å²) in [5.74, 6) is 0.251. The molecular weight excluding hydrogens is 242 g/mol. The van der Waals surface area contributed by atoms with Gasteiger partial charge in [-0.15, -0.1) is 0 Å². The first-order chi connectivity index (χ1) is 9.08. The van der Waals surface area contributed by atoms with E-state index in [4.69, 9.17) is 15.2 Å². The summed E-state index contributed by atoms with van der Waals surface area (Å²) in [6, 6.07) is 11.2. The molecule has 2 aromatic rings. The molecule has 0 aliphatic carbocycles. The molecule has 0 unspecified atom stereocenters. The van der Waals surface area contributed by atoms with Crippen molar-refractivity contribution < 1.29 is 14.3 Å². The molecule has 0 aliphatic rings. The Balaban J connectivity index is 2.17. The lowest BCUT2D eigenvalue weighted by Crippen LogP contribution is -2.18. The number of carbonyl (C=O) groups excluding carboxylic acids is 1. The minimum absolute atomic E-state index is 0.105. The van der Waals surface area contributed by atoms with Gasteiger partial charge in [0, 0.05) is 16.5 Å². The third-order valence-electron chi connectivity index (χ3n) is 2.63. The van der Waals surface area contributed by atoms with Crippen molar-refractivity contribution in [3.63, 3.8) is 0 Å². The number of nitrogen functional groups attached to an aromatic ring is 1. The lowest BCUT2D eigenvalue weighted by atomic mass is 10.1. The maximum atomic E-state index is 11.5. The highest BCUT2D eigenvalue weighted by atomic mass is 16.6. The van der Waals surface area contributed by atoms with Crippen LogP contribution < -0.4 is 10.5 Å². The van der Waals surface area contributed by atoms with Crippen molar-refractivity contribution >= 4 is 22.4 Å². The predicted octanol–water partition coefficient (Wildman–Crippen LogP) is 2.75. The summed E-state index contributed by atoms with van der Waals surface area (Å²) in [7, 11) is 0. The van der Waals surface area contributed by atoms with Crippen LogP contribution in [0, 0.1) is 0 Å². The Morgan fingerprint density at radius 3 is 2.53 bits per heavy atom. The molecule has 0 heterocycles. The average molecular weight is 259 g/mol. The highest BCUT2D eigenvalue weighted by Gasteiger charge is 2.09. The Morgan fingerprint density at radius 1 is 1.16 bits per heavy atom. The van der Waals surface area contributed by atoms with Gasteiger partial charge in [-0.3, -0.25) is 0 Å². The van der Waals surface area contributed by atoms with Gasteiger partial charge in [0.15, 0.2) is 6.61 Å². The van der Waals surface area contributed by atoms with Crippen LogP contribution in [0.2, 0.25) is 0 Å². The number of esters is 1. The van der Waals surface area contributed by atoms with Gasteiger partial charge < -0.3 is 15.2 Å². The van der Waals surface area contributed by atoms with E-state index >= 15 is 0 Å². The van der Waals surface area contributed by atoms with Crippen molar-refractivity contribution in [2.75, 3.05) is 12.3 Å². The molecule has 2 rings (SSSR count). The Bertz CT molecular complexity index is 593. The fourth-order valence-corrected chi connectivity index (χ4v) is 1.85. The van der Waals surface area contributed by atoms with Crippen LogP contribution in [0.4, 0.5) is 5.69 Å². The monoisotopic (exact) mass is 259 g/mol. The van der Waals surface area contributed by atoms with E-state index in [0.29, 0.717) is 11.4 Å². The summed E-state index contributed by atoms with van der Waals surface area (Å²) >= 11 is 0. The molecule has 0 atom stereocenters. The van der Waals surface area contributed by atoms with E-state index in [9.17, 15) is 4.79 Å². The zero-order valence-electron chi connectivity index (χ0n) is 11.1. The summed E-state index contributed by atoms with van der Waals surface area (Å²) in [6.07, 6.45) is -0.140. The van der Waals surface area contributed by atoms with Crippen molar-refractivity contribution in [1.29, 1.82) is 0 Å². The first kappa shape index (κ1) is 13.2. The number of fused-ring (bicyclic) bond motifs is 1. The third kappa shape index (κ3) is 3.16. The van der Waals surface area contributed by atoms with E-state index in [2.05, 4.69) is 0 Å². The van der Waals surface area contributed by atoms with Crippen LogP contribution in [0.3, 0.4) is 0 Å². The second-order valence-electron chi connectivity index (χ2n) is 4.53. The summed E-state index contributed by atoms with van der Waals surface area (Å²) < 4.78 is 10.5. The molecule has 0 bridgehead atoms.